The van der Waals surface area contributed by atoms with E-state index >= 15 is 0 Å². The lowest BCUT2D eigenvalue weighted by atomic mass is 9.84. The second kappa shape index (κ2) is 6.71. The lowest BCUT2D eigenvalue weighted by molar-refractivity contribution is -0.136. The number of benzene rings is 2. The van der Waals surface area contributed by atoms with E-state index in [0.717, 1.165) is 0 Å². The highest BCUT2D eigenvalue weighted by Crippen LogP contribution is 2.51. The zero-order valence-corrected chi connectivity index (χ0v) is 15.6. The molecule has 6 heteroatoms. The van der Waals surface area contributed by atoms with Crippen molar-refractivity contribution in [1.29, 1.82) is 0 Å². The van der Waals surface area contributed by atoms with Crippen LogP contribution >= 0.6 is 0 Å². The number of hydrogen-bond acceptors (Lipinski definition) is 6. The van der Waals surface area contributed by atoms with Crippen LogP contribution in [0.3, 0.4) is 0 Å². The van der Waals surface area contributed by atoms with Crippen LogP contribution in [0.25, 0.3) is 22.3 Å². The van der Waals surface area contributed by atoms with Gasteiger partial charge in [0.05, 0.1) is 6.42 Å². The van der Waals surface area contributed by atoms with Crippen LogP contribution in [0.15, 0.2) is 45.6 Å². The van der Waals surface area contributed by atoms with E-state index in [1.165, 1.54) is 6.07 Å². The molecule has 0 bridgehead atoms. The van der Waals surface area contributed by atoms with Crippen molar-refractivity contribution in [2.45, 2.75) is 32.6 Å². The van der Waals surface area contributed by atoms with Gasteiger partial charge in [0.2, 0.25) is 5.75 Å². The second-order valence-electron chi connectivity index (χ2n) is 7.49. The molecule has 1 atom stereocenters. The van der Waals surface area contributed by atoms with Gasteiger partial charge in [0.25, 0.3) is 0 Å². The number of carbonyl (C=O) groups is 1. The number of phenols is 2. The summed E-state index contributed by atoms with van der Waals surface area (Å²) in [6.07, 6.45) is 0.754. The number of carbonyl (C=O) groups excluding carboxylic acids is 1. The van der Waals surface area contributed by atoms with Crippen LogP contribution in [-0.4, -0.2) is 16.2 Å². The van der Waals surface area contributed by atoms with E-state index in [4.69, 9.17) is 9.15 Å². The van der Waals surface area contributed by atoms with Crippen molar-refractivity contribution in [2.75, 3.05) is 0 Å². The first-order valence-electron chi connectivity index (χ1n) is 9.18. The fourth-order valence-electron chi connectivity index (χ4n) is 3.81. The molecule has 4 rings (SSSR count). The van der Waals surface area contributed by atoms with Gasteiger partial charge in [0.1, 0.15) is 16.7 Å². The highest BCUT2D eigenvalue weighted by Gasteiger charge is 2.36. The molecule has 0 aliphatic carbocycles. The Morgan fingerprint density at radius 3 is 2.50 bits per heavy atom. The summed E-state index contributed by atoms with van der Waals surface area (Å²) in [7, 11) is 0. The van der Waals surface area contributed by atoms with Crippen molar-refractivity contribution < 1.29 is 24.2 Å². The highest BCUT2D eigenvalue weighted by atomic mass is 16.5. The molecule has 0 spiro atoms. The second-order valence-corrected chi connectivity index (χ2v) is 7.49. The maximum absolute atomic E-state index is 12.8. The molecule has 0 radical (unpaired) electrons. The minimum atomic E-state index is -0.639. The fourth-order valence-corrected chi connectivity index (χ4v) is 3.81. The van der Waals surface area contributed by atoms with Gasteiger partial charge in [-0.3, -0.25) is 9.59 Å². The van der Waals surface area contributed by atoms with Crippen LogP contribution in [0.2, 0.25) is 0 Å². The maximum Gasteiger partial charge on any atom is 0.311 e. The zero-order valence-electron chi connectivity index (χ0n) is 15.6. The van der Waals surface area contributed by atoms with Crippen molar-refractivity contribution in [1.82, 2.24) is 0 Å². The normalized spacial score (nSPS) is 16.2. The highest BCUT2D eigenvalue weighted by molar-refractivity contribution is 5.95. The van der Waals surface area contributed by atoms with Gasteiger partial charge in [-0.2, -0.15) is 0 Å². The Kier molecular flexibility index (Phi) is 4.34. The third-order valence-electron chi connectivity index (χ3n) is 4.96. The Labute approximate surface area is 161 Å². The first kappa shape index (κ1) is 18.1. The van der Waals surface area contributed by atoms with Gasteiger partial charge >= 0.3 is 5.97 Å². The van der Waals surface area contributed by atoms with E-state index in [1.807, 2.05) is 44.2 Å². The van der Waals surface area contributed by atoms with Gasteiger partial charge in [0.15, 0.2) is 16.9 Å². The van der Waals surface area contributed by atoms with Crippen LogP contribution in [0, 0.1) is 5.92 Å². The van der Waals surface area contributed by atoms with E-state index < -0.39 is 22.9 Å². The fraction of sp³-hybridized carbons (Fsp3) is 0.273. The molecule has 0 unspecified atom stereocenters. The Balaban J connectivity index is 2.08. The lowest BCUT2D eigenvalue weighted by Gasteiger charge is -2.27. The minimum absolute atomic E-state index is 0.109. The van der Waals surface area contributed by atoms with E-state index in [1.54, 1.807) is 0 Å². The molecule has 1 aromatic heterocycles. The predicted molar refractivity (Wildman–Crippen MR) is 104 cm³/mol. The maximum atomic E-state index is 12.8. The quantitative estimate of drug-likeness (QED) is 0.399. The van der Waals surface area contributed by atoms with Gasteiger partial charge in [-0.05, 0) is 12.3 Å². The average Bonchev–Trinajstić information content (AvgIpc) is 2.65. The largest absolute Gasteiger partial charge is 0.504 e. The van der Waals surface area contributed by atoms with E-state index in [2.05, 4.69) is 0 Å². The zero-order chi connectivity index (χ0) is 20.0. The monoisotopic (exact) mass is 380 g/mol. The Bertz CT molecular complexity index is 1130. The van der Waals surface area contributed by atoms with Crippen LogP contribution in [0.1, 0.15) is 38.2 Å². The first-order valence-corrected chi connectivity index (χ1v) is 9.18. The molecule has 0 saturated carbocycles. The first-order chi connectivity index (χ1) is 13.4. The van der Waals surface area contributed by atoms with Crippen molar-refractivity contribution in [3.05, 3.63) is 52.2 Å². The van der Waals surface area contributed by atoms with Gasteiger partial charge in [-0.1, -0.05) is 44.2 Å². The van der Waals surface area contributed by atoms with Gasteiger partial charge in [0, 0.05) is 23.1 Å². The molecule has 0 fully saturated rings. The van der Waals surface area contributed by atoms with Crippen molar-refractivity contribution >= 4 is 16.9 Å². The van der Waals surface area contributed by atoms with Gasteiger partial charge in [-0.15, -0.1) is 0 Å². The number of rotatable bonds is 3. The Morgan fingerprint density at radius 2 is 1.82 bits per heavy atom. The molecule has 2 aromatic carbocycles. The van der Waals surface area contributed by atoms with E-state index in [9.17, 15) is 19.8 Å². The van der Waals surface area contributed by atoms with Crippen LogP contribution in [0.5, 0.6) is 17.2 Å². The SMILES string of the molecule is CC(C)C[C@H]1CC(=O)Oc2c(O)c(O)c3c(=O)cc(-c4ccccc4)oc3c21. The number of fused-ring (bicyclic) bond motifs is 3. The summed E-state index contributed by atoms with van der Waals surface area (Å²) >= 11 is 0. The average molecular weight is 380 g/mol. The summed E-state index contributed by atoms with van der Waals surface area (Å²) in [4.78, 5) is 24.9. The smallest absolute Gasteiger partial charge is 0.311 e. The predicted octanol–water partition coefficient (Wildman–Crippen LogP) is 4.31. The number of hydrogen-bond donors (Lipinski definition) is 2. The molecule has 3 aromatic rings. The van der Waals surface area contributed by atoms with Crippen molar-refractivity contribution in [3.8, 4) is 28.6 Å². The molecule has 144 valence electrons. The van der Waals surface area contributed by atoms with Crippen molar-refractivity contribution in [3.63, 3.8) is 0 Å². The summed E-state index contributed by atoms with van der Waals surface area (Å²) in [5.74, 6) is -1.55. The molecule has 1 aliphatic heterocycles. The standard InChI is InChI=1S/C22H20O6/c1-11(2)8-13-9-16(24)28-22-17(13)21-18(19(25)20(22)26)14(23)10-15(27-21)12-6-4-3-5-7-12/h3-7,10-11,13,25-26H,8-9H2,1-2H3/t13-/m0/s1. The summed E-state index contributed by atoms with van der Waals surface area (Å²) in [5.41, 5.74) is 0.829. The molecular weight excluding hydrogens is 360 g/mol. The number of phenolic OH excluding ortho intramolecular Hbond substituents is 2. The number of ether oxygens (including phenoxy) is 1. The molecule has 28 heavy (non-hydrogen) atoms. The molecule has 2 heterocycles. The minimum Gasteiger partial charge on any atom is -0.504 e. The van der Waals surface area contributed by atoms with E-state index in [-0.39, 0.29) is 35.0 Å². The third-order valence-corrected chi connectivity index (χ3v) is 4.96. The Morgan fingerprint density at radius 1 is 1.11 bits per heavy atom. The number of aromatic hydroxyl groups is 2. The molecule has 2 N–H and O–H groups in total. The van der Waals surface area contributed by atoms with Crippen molar-refractivity contribution in [2.24, 2.45) is 5.92 Å². The lowest BCUT2D eigenvalue weighted by Crippen LogP contribution is -2.22. The molecule has 0 saturated heterocycles. The molecule has 1 aliphatic rings. The Hall–Kier alpha value is -3.28. The summed E-state index contributed by atoms with van der Waals surface area (Å²) in [6, 6.07) is 10.4. The van der Waals surface area contributed by atoms with Crippen LogP contribution < -0.4 is 10.2 Å². The molecular formula is C22H20O6. The van der Waals surface area contributed by atoms with Gasteiger partial charge in [-0.25, -0.2) is 0 Å². The summed E-state index contributed by atoms with van der Waals surface area (Å²) in [5, 5.41) is 20.7. The third kappa shape index (κ3) is 2.91. The molecule has 0 amide bonds. The number of esters is 1. The molecule has 6 nitrogen and oxygen atoms in total. The van der Waals surface area contributed by atoms with Gasteiger partial charge < -0.3 is 19.4 Å². The van der Waals surface area contributed by atoms with Crippen LogP contribution in [-0.2, 0) is 4.79 Å². The topological polar surface area (TPSA) is 97.0 Å². The van der Waals surface area contributed by atoms with Crippen LogP contribution in [0.4, 0.5) is 0 Å². The summed E-state index contributed by atoms with van der Waals surface area (Å²) < 4.78 is 11.3. The summed E-state index contributed by atoms with van der Waals surface area (Å²) in [6.45, 7) is 4.04. The van der Waals surface area contributed by atoms with E-state index in [0.29, 0.717) is 23.3 Å².